The molecule has 0 rings (SSSR count). The number of carbonyl (C=O) groups is 1. The predicted octanol–water partition coefficient (Wildman–Crippen LogP) is -1.17. The zero-order valence-electron chi connectivity index (χ0n) is 5.77. The molecule has 0 amide bonds. The van der Waals surface area contributed by atoms with Crippen molar-refractivity contribution in [2.45, 2.75) is 6.10 Å². The van der Waals surface area contributed by atoms with Crippen molar-refractivity contribution in [2.75, 3.05) is 13.2 Å². The fraction of sp³-hybridized carbons (Fsp3) is 0.500. The summed E-state index contributed by atoms with van der Waals surface area (Å²) in [4.78, 5) is 9.72. The van der Waals surface area contributed by atoms with Crippen LogP contribution in [0.15, 0.2) is 12.3 Å². The molecule has 11 heavy (non-hydrogen) atoms. The summed E-state index contributed by atoms with van der Waals surface area (Å²) >= 11 is 0. The zero-order chi connectivity index (χ0) is 8.69. The van der Waals surface area contributed by atoms with Gasteiger partial charge in [0.1, 0.15) is 12.7 Å². The van der Waals surface area contributed by atoms with E-state index >= 15 is 0 Å². The van der Waals surface area contributed by atoms with Crippen LogP contribution in [0.3, 0.4) is 0 Å². The summed E-state index contributed by atoms with van der Waals surface area (Å²) in [7, 11) is 0. The van der Waals surface area contributed by atoms with Crippen LogP contribution in [0.2, 0.25) is 0 Å². The molecule has 0 aliphatic carbocycles. The first kappa shape index (κ1) is 9.93. The lowest BCUT2D eigenvalue weighted by Gasteiger charge is -2.04. The van der Waals surface area contributed by atoms with Crippen LogP contribution in [0.1, 0.15) is 0 Å². The quantitative estimate of drug-likeness (QED) is 0.392. The summed E-state index contributed by atoms with van der Waals surface area (Å²) in [5.74, 6) is -1.37. The molecule has 1 unspecified atom stereocenters. The van der Waals surface area contributed by atoms with Crippen molar-refractivity contribution in [1.82, 2.24) is 0 Å². The number of ether oxygens (including phenoxy) is 1. The molecule has 0 saturated carbocycles. The van der Waals surface area contributed by atoms with Crippen molar-refractivity contribution >= 4 is 5.97 Å². The van der Waals surface area contributed by atoms with Crippen LogP contribution in [0.5, 0.6) is 0 Å². The molecule has 0 aromatic heterocycles. The summed E-state index contributed by atoms with van der Waals surface area (Å²) in [5, 5.41) is 26.6. The first-order valence-electron chi connectivity index (χ1n) is 2.95. The maximum Gasteiger partial charge on any atom is 0.382 e. The molecule has 0 aliphatic heterocycles. The van der Waals surface area contributed by atoms with E-state index in [1.807, 2.05) is 0 Å². The molecule has 0 bridgehead atoms. The lowest BCUT2D eigenvalue weighted by atomic mass is 10.4. The molecule has 0 fully saturated rings. The molecule has 1 atom stereocenters. The molecule has 0 spiro atoms. The third-order valence-electron chi connectivity index (χ3n) is 0.800. The van der Waals surface area contributed by atoms with Crippen molar-refractivity contribution in [3.63, 3.8) is 0 Å². The van der Waals surface area contributed by atoms with Gasteiger partial charge in [0.05, 0.1) is 18.9 Å². The monoisotopic (exact) mass is 161 g/mol. The van der Waals surface area contributed by atoms with Gasteiger partial charge in [0.15, 0.2) is 0 Å². The van der Waals surface area contributed by atoms with E-state index in [2.05, 4.69) is 4.74 Å². The van der Waals surface area contributed by atoms with E-state index in [1.54, 1.807) is 0 Å². The maximum atomic E-state index is 9.72. The Morgan fingerprint density at radius 1 is 1.64 bits per heavy atom. The van der Waals surface area contributed by atoms with Gasteiger partial charge >= 0.3 is 5.97 Å². The van der Waals surface area contributed by atoms with Crippen LogP contribution in [-0.2, 0) is 14.6 Å². The molecule has 0 aromatic rings. The highest BCUT2D eigenvalue weighted by Crippen LogP contribution is 1.84. The number of carbonyl (C=O) groups excluding carboxylic acids is 1. The van der Waals surface area contributed by atoms with Gasteiger partial charge in [-0.3, -0.25) is 0 Å². The summed E-state index contributed by atoms with van der Waals surface area (Å²) in [6.07, 6.45) is 0.583. The Labute approximate surface area is 63.5 Å². The van der Waals surface area contributed by atoms with E-state index in [4.69, 9.17) is 10.2 Å². The second-order valence-electron chi connectivity index (χ2n) is 1.79. The molecular formula is C6H9O5. The highest BCUT2D eigenvalue weighted by molar-refractivity contribution is 5.78. The topological polar surface area (TPSA) is 86.7 Å². The van der Waals surface area contributed by atoms with E-state index in [0.29, 0.717) is 6.08 Å². The Bertz CT molecular complexity index is 142. The van der Waals surface area contributed by atoms with Crippen molar-refractivity contribution in [3.05, 3.63) is 12.3 Å². The van der Waals surface area contributed by atoms with Crippen molar-refractivity contribution < 1.29 is 24.9 Å². The normalized spacial score (nSPS) is 13.3. The number of aliphatic hydroxyl groups is 2. The first-order valence-corrected chi connectivity index (χ1v) is 2.95. The Morgan fingerprint density at radius 2 is 2.27 bits per heavy atom. The molecule has 0 aliphatic rings. The van der Waals surface area contributed by atoms with Gasteiger partial charge in [-0.1, -0.05) is 0 Å². The Morgan fingerprint density at radius 3 is 2.73 bits per heavy atom. The number of aliphatic hydroxyl groups excluding tert-OH is 2. The Balaban J connectivity index is 3.33. The average Bonchev–Trinajstić information content (AvgIpc) is 1.97. The minimum atomic E-state index is -1.37. The standard InChI is InChI=1S/C6H9O5/c7-3-5(8)4-11-2-1-6(9)10/h1-2,5,7-8H,3-4H2. The summed E-state index contributed by atoms with van der Waals surface area (Å²) < 4.78 is 4.49. The lowest BCUT2D eigenvalue weighted by molar-refractivity contribution is -0.137. The van der Waals surface area contributed by atoms with Crippen molar-refractivity contribution in [2.24, 2.45) is 0 Å². The van der Waals surface area contributed by atoms with Crippen LogP contribution in [0.4, 0.5) is 0 Å². The fourth-order valence-corrected chi connectivity index (χ4v) is 0.323. The van der Waals surface area contributed by atoms with Crippen molar-refractivity contribution in [1.29, 1.82) is 0 Å². The van der Waals surface area contributed by atoms with Crippen molar-refractivity contribution in [3.8, 4) is 0 Å². The minimum Gasteiger partial charge on any atom is -0.498 e. The highest BCUT2D eigenvalue weighted by Gasteiger charge is 1.99. The van der Waals surface area contributed by atoms with Gasteiger partial charge in [-0.25, -0.2) is 9.90 Å². The highest BCUT2D eigenvalue weighted by atomic mass is 16.5. The smallest absolute Gasteiger partial charge is 0.382 e. The number of hydrogen-bond acceptors (Lipinski definition) is 4. The Kier molecular flexibility index (Phi) is 5.14. The van der Waals surface area contributed by atoms with Gasteiger partial charge in [0.2, 0.25) is 0 Å². The molecule has 63 valence electrons. The van der Waals surface area contributed by atoms with Crippen LogP contribution in [-0.4, -0.2) is 35.5 Å². The minimum absolute atomic E-state index is 0.139. The molecule has 0 saturated heterocycles. The lowest BCUT2D eigenvalue weighted by Crippen LogP contribution is -2.17. The van der Waals surface area contributed by atoms with Crippen LogP contribution >= 0.6 is 0 Å². The SMILES string of the molecule is [O]C(=O)C=COCC(O)CO. The summed E-state index contributed by atoms with van der Waals surface area (Å²) in [6, 6.07) is 0. The molecule has 1 radical (unpaired) electrons. The summed E-state index contributed by atoms with van der Waals surface area (Å²) in [6.45, 7) is -0.556. The molecule has 0 aromatic carbocycles. The van der Waals surface area contributed by atoms with Gasteiger partial charge in [0.25, 0.3) is 0 Å². The van der Waals surface area contributed by atoms with E-state index in [0.717, 1.165) is 6.26 Å². The van der Waals surface area contributed by atoms with Gasteiger partial charge in [0, 0.05) is 0 Å². The van der Waals surface area contributed by atoms with Crippen LogP contribution in [0, 0.1) is 0 Å². The third kappa shape index (κ3) is 6.82. The van der Waals surface area contributed by atoms with E-state index in [-0.39, 0.29) is 6.61 Å². The molecular weight excluding hydrogens is 152 g/mol. The molecule has 2 N–H and O–H groups in total. The molecule has 0 heterocycles. The first-order chi connectivity index (χ1) is 5.16. The fourth-order valence-electron chi connectivity index (χ4n) is 0.323. The second kappa shape index (κ2) is 5.70. The number of hydrogen-bond donors (Lipinski definition) is 2. The average molecular weight is 161 g/mol. The van der Waals surface area contributed by atoms with Gasteiger partial charge in [-0.2, -0.15) is 0 Å². The maximum absolute atomic E-state index is 9.72. The van der Waals surface area contributed by atoms with Gasteiger partial charge < -0.3 is 14.9 Å². The van der Waals surface area contributed by atoms with E-state index in [1.165, 1.54) is 0 Å². The molecule has 5 nitrogen and oxygen atoms in total. The third-order valence-corrected chi connectivity index (χ3v) is 0.800. The predicted molar refractivity (Wildman–Crippen MR) is 33.9 cm³/mol. The largest absolute Gasteiger partial charge is 0.498 e. The van der Waals surface area contributed by atoms with Gasteiger partial charge in [-0.05, 0) is 0 Å². The Hall–Kier alpha value is -1.07. The van der Waals surface area contributed by atoms with Gasteiger partial charge in [-0.15, -0.1) is 0 Å². The van der Waals surface area contributed by atoms with Crippen LogP contribution < -0.4 is 0 Å². The zero-order valence-corrected chi connectivity index (χ0v) is 5.77. The summed E-state index contributed by atoms with van der Waals surface area (Å²) in [5.41, 5.74) is 0. The second-order valence-corrected chi connectivity index (χ2v) is 1.79. The van der Waals surface area contributed by atoms with E-state index < -0.39 is 18.7 Å². The van der Waals surface area contributed by atoms with Crippen LogP contribution in [0.25, 0.3) is 0 Å². The number of rotatable bonds is 5. The molecule has 5 heteroatoms. The van der Waals surface area contributed by atoms with E-state index in [9.17, 15) is 9.90 Å².